The number of allylic oxidation sites excluding steroid dienone is 1. The SMILES string of the molecule is C=CCn1c(N2CCC(Oc3ncc(C)cc3Cl)CC2)nnc1C1(c2ccc(Cl)cc2Cl)CC1. The number of hydrogen-bond acceptors (Lipinski definition) is 5. The number of rotatable bonds is 7. The molecular formula is C25H26Cl3N5O. The van der Waals surface area contributed by atoms with E-state index in [1.54, 1.807) is 12.3 Å². The molecule has 1 saturated carbocycles. The number of aromatic nitrogens is 4. The van der Waals surface area contributed by atoms with E-state index in [0.29, 0.717) is 27.5 Å². The molecule has 0 N–H and O–H groups in total. The summed E-state index contributed by atoms with van der Waals surface area (Å²) >= 11 is 19.0. The maximum atomic E-state index is 6.59. The van der Waals surface area contributed by atoms with Gasteiger partial charge in [0, 0.05) is 48.7 Å². The predicted octanol–water partition coefficient (Wildman–Crippen LogP) is 6.26. The van der Waals surface area contributed by atoms with Crippen LogP contribution < -0.4 is 9.64 Å². The number of hydrogen-bond donors (Lipinski definition) is 0. The standard InChI is InChI=1S/C25H26Cl3N5O/c1-3-10-33-23(25(8-9-25)19-5-4-17(26)14-20(19)27)30-31-24(33)32-11-6-18(7-12-32)34-22-21(28)13-16(2)15-29-22/h3-5,13-15,18H,1,6-12H2,2H3. The Morgan fingerprint density at radius 2 is 1.88 bits per heavy atom. The van der Waals surface area contributed by atoms with Gasteiger partial charge in [0.2, 0.25) is 11.8 Å². The molecule has 9 heteroatoms. The Labute approximate surface area is 214 Å². The van der Waals surface area contributed by atoms with Crippen molar-refractivity contribution in [1.82, 2.24) is 19.7 Å². The monoisotopic (exact) mass is 517 g/mol. The van der Waals surface area contributed by atoms with Crippen LogP contribution in [0.25, 0.3) is 0 Å². The molecule has 0 amide bonds. The number of piperidine rings is 1. The molecule has 34 heavy (non-hydrogen) atoms. The van der Waals surface area contributed by atoms with Gasteiger partial charge >= 0.3 is 0 Å². The van der Waals surface area contributed by atoms with E-state index in [0.717, 1.165) is 61.7 Å². The Hall–Kier alpha value is -2.28. The number of nitrogens with zero attached hydrogens (tertiary/aromatic N) is 5. The van der Waals surface area contributed by atoms with Gasteiger partial charge in [-0.05, 0) is 49.1 Å². The van der Waals surface area contributed by atoms with Crippen LogP contribution in [0.4, 0.5) is 5.95 Å². The van der Waals surface area contributed by atoms with Crippen molar-refractivity contribution < 1.29 is 4.74 Å². The third-order valence-corrected chi connectivity index (χ3v) is 7.43. The summed E-state index contributed by atoms with van der Waals surface area (Å²) < 4.78 is 8.27. The summed E-state index contributed by atoms with van der Waals surface area (Å²) in [5, 5.41) is 11.1. The second-order valence-electron chi connectivity index (χ2n) is 9.03. The van der Waals surface area contributed by atoms with Crippen molar-refractivity contribution in [2.45, 2.75) is 50.7 Å². The number of pyridine rings is 1. The molecule has 0 atom stereocenters. The molecule has 0 spiro atoms. The first kappa shape index (κ1) is 23.5. The fourth-order valence-corrected chi connectivity index (χ4v) is 5.59. The molecule has 1 aromatic carbocycles. The fourth-order valence-electron chi connectivity index (χ4n) is 4.74. The van der Waals surface area contributed by atoms with Gasteiger partial charge in [-0.25, -0.2) is 4.98 Å². The van der Waals surface area contributed by atoms with E-state index in [4.69, 9.17) is 39.5 Å². The Balaban J connectivity index is 1.35. The van der Waals surface area contributed by atoms with Gasteiger partial charge in [-0.1, -0.05) is 46.9 Å². The van der Waals surface area contributed by atoms with Crippen LogP contribution in [0.3, 0.4) is 0 Å². The van der Waals surface area contributed by atoms with Crippen LogP contribution in [-0.4, -0.2) is 38.9 Å². The molecule has 6 nitrogen and oxygen atoms in total. The summed E-state index contributed by atoms with van der Waals surface area (Å²) in [5.74, 6) is 2.29. The van der Waals surface area contributed by atoms with Gasteiger partial charge in [-0.3, -0.25) is 4.57 Å². The number of aryl methyl sites for hydroxylation is 1. The van der Waals surface area contributed by atoms with Crippen molar-refractivity contribution in [3.63, 3.8) is 0 Å². The quantitative estimate of drug-likeness (QED) is 0.346. The van der Waals surface area contributed by atoms with Gasteiger partial charge in [0.1, 0.15) is 17.0 Å². The van der Waals surface area contributed by atoms with Crippen LogP contribution in [-0.2, 0) is 12.0 Å². The summed E-state index contributed by atoms with van der Waals surface area (Å²) in [4.78, 5) is 6.61. The number of anilines is 1. The van der Waals surface area contributed by atoms with Crippen molar-refractivity contribution in [2.75, 3.05) is 18.0 Å². The summed E-state index contributed by atoms with van der Waals surface area (Å²) in [5.41, 5.74) is 1.83. The van der Waals surface area contributed by atoms with Crippen LogP contribution in [0.2, 0.25) is 15.1 Å². The predicted molar refractivity (Wildman–Crippen MR) is 137 cm³/mol. The first-order chi connectivity index (χ1) is 16.4. The lowest BCUT2D eigenvalue weighted by atomic mass is 9.95. The number of ether oxygens (including phenoxy) is 1. The molecule has 2 aliphatic rings. The van der Waals surface area contributed by atoms with Crippen LogP contribution in [0.15, 0.2) is 43.1 Å². The lowest BCUT2D eigenvalue weighted by Gasteiger charge is -2.33. The molecule has 5 rings (SSSR count). The first-order valence-electron chi connectivity index (χ1n) is 11.4. The van der Waals surface area contributed by atoms with Crippen molar-refractivity contribution >= 4 is 40.8 Å². The summed E-state index contributed by atoms with van der Waals surface area (Å²) in [6.07, 6.45) is 7.36. The van der Waals surface area contributed by atoms with Crippen molar-refractivity contribution in [3.8, 4) is 5.88 Å². The maximum absolute atomic E-state index is 6.59. The number of halogens is 3. The molecule has 1 aliphatic heterocycles. The zero-order valence-electron chi connectivity index (χ0n) is 19.0. The van der Waals surface area contributed by atoms with E-state index in [9.17, 15) is 0 Å². The van der Waals surface area contributed by atoms with Gasteiger partial charge < -0.3 is 9.64 Å². The molecule has 3 aromatic rings. The summed E-state index contributed by atoms with van der Waals surface area (Å²) in [6.45, 7) is 8.16. The minimum Gasteiger partial charge on any atom is -0.473 e. The largest absolute Gasteiger partial charge is 0.473 e. The topological polar surface area (TPSA) is 56.1 Å². The van der Waals surface area contributed by atoms with Crippen molar-refractivity contribution in [1.29, 1.82) is 0 Å². The van der Waals surface area contributed by atoms with Crippen LogP contribution in [0.5, 0.6) is 5.88 Å². The van der Waals surface area contributed by atoms with E-state index < -0.39 is 0 Å². The Morgan fingerprint density at radius 3 is 2.53 bits per heavy atom. The molecular weight excluding hydrogens is 493 g/mol. The van der Waals surface area contributed by atoms with E-state index in [2.05, 4.69) is 31.2 Å². The lowest BCUT2D eigenvalue weighted by molar-refractivity contribution is 0.163. The number of benzene rings is 1. The van der Waals surface area contributed by atoms with Gasteiger partial charge in [0.15, 0.2) is 0 Å². The zero-order valence-corrected chi connectivity index (χ0v) is 21.2. The molecule has 0 unspecified atom stereocenters. The lowest BCUT2D eigenvalue weighted by Crippen LogP contribution is -2.40. The van der Waals surface area contributed by atoms with Crippen molar-refractivity contribution in [2.24, 2.45) is 0 Å². The molecule has 2 aromatic heterocycles. The van der Waals surface area contributed by atoms with Gasteiger partial charge in [0.05, 0.1) is 5.41 Å². The Bertz CT molecular complexity index is 1220. The van der Waals surface area contributed by atoms with E-state index in [-0.39, 0.29) is 11.5 Å². The highest BCUT2D eigenvalue weighted by atomic mass is 35.5. The average Bonchev–Trinajstić information content (AvgIpc) is 3.49. The highest BCUT2D eigenvalue weighted by Crippen LogP contribution is 2.55. The summed E-state index contributed by atoms with van der Waals surface area (Å²) in [7, 11) is 0. The second kappa shape index (κ2) is 9.40. The second-order valence-corrected chi connectivity index (χ2v) is 10.3. The van der Waals surface area contributed by atoms with Gasteiger partial charge in [-0.2, -0.15) is 0 Å². The Morgan fingerprint density at radius 1 is 1.12 bits per heavy atom. The average molecular weight is 519 g/mol. The Kier molecular flexibility index (Phi) is 6.49. The zero-order chi connectivity index (χ0) is 23.9. The highest BCUT2D eigenvalue weighted by molar-refractivity contribution is 6.35. The van der Waals surface area contributed by atoms with Gasteiger partial charge in [-0.15, -0.1) is 16.8 Å². The van der Waals surface area contributed by atoms with Gasteiger partial charge in [0.25, 0.3) is 0 Å². The third-order valence-electron chi connectivity index (χ3n) is 6.61. The van der Waals surface area contributed by atoms with Crippen LogP contribution >= 0.6 is 34.8 Å². The summed E-state index contributed by atoms with van der Waals surface area (Å²) in [6, 6.07) is 7.57. The minimum atomic E-state index is -0.231. The van der Waals surface area contributed by atoms with Crippen LogP contribution in [0.1, 0.15) is 42.6 Å². The minimum absolute atomic E-state index is 0.0573. The molecule has 1 aliphatic carbocycles. The highest BCUT2D eigenvalue weighted by Gasteiger charge is 2.51. The molecule has 0 bridgehead atoms. The molecule has 0 radical (unpaired) electrons. The maximum Gasteiger partial charge on any atom is 0.232 e. The molecule has 178 valence electrons. The molecule has 2 fully saturated rings. The van der Waals surface area contributed by atoms with Crippen LogP contribution in [0, 0.1) is 6.92 Å². The first-order valence-corrected chi connectivity index (χ1v) is 12.6. The van der Waals surface area contributed by atoms with Crippen molar-refractivity contribution in [3.05, 3.63) is 75.1 Å². The fraction of sp³-hybridized carbons (Fsp3) is 0.400. The normalized spacial score (nSPS) is 17.6. The third kappa shape index (κ3) is 4.39. The van der Waals surface area contributed by atoms with E-state index in [1.165, 1.54) is 0 Å². The van der Waals surface area contributed by atoms with E-state index in [1.807, 2.05) is 31.2 Å². The molecule has 3 heterocycles. The van der Waals surface area contributed by atoms with E-state index >= 15 is 0 Å². The smallest absolute Gasteiger partial charge is 0.232 e. The molecule has 1 saturated heterocycles.